The van der Waals surface area contributed by atoms with Crippen molar-refractivity contribution in [2.75, 3.05) is 31.7 Å². The van der Waals surface area contributed by atoms with Gasteiger partial charge in [-0.05, 0) is 42.9 Å². The number of likely N-dealkylation sites (N-methyl/N-ethyl adjacent to an activating group) is 1. The van der Waals surface area contributed by atoms with Gasteiger partial charge in [-0.15, -0.1) is 11.6 Å². The van der Waals surface area contributed by atoms with Crippen LogP contribution in [0.15, 0.2) is 12.3 Å². The molecule has 1 aliphatic carbocycles. The molecule has 1 aliphatic rings. The molecule has 0 spiro atoms. The number of anilines is 1. The van der Waals surface area contributed by atoms with Crippen molar-refractivity contribution in [1.82, 2.24) is 4.98 Å². The van der Waals surface area contributed by atoms with Gasteiger partial charge >= 0.3 is 0 Å². The van der Waals surface area contributed by atoms with Gasteiger partial charge in [0.1, 0.15) is 5.82 Å². The molecule has 1 fully saturated rings. The molecule has 0 atom stereocenters. The largest absolute Gasteiger partial charge is 0.379 e. The summed E-state index contributed by atoms with van der Waals surface area (Å²) in [7, 11) is 2.05. The Bertz CT molecular complexity index is 393. The molecule has 2 rings (SSSR count). The number of aryl methyl sites for hydroxylation is 1. The van der Waals surface area contributed by atoms with Gasteiger partial charge in [-0.1, -0.05) is 0 Å². The molecule has 1 aromatic rings. The first-order valence-corrected chi connectivity index (χ1v) is 7.04. The number of ether oxygens (including phenoxy) is 1. The fourth-order valence-electron chi connectivity index (χ4n) is 1.94. The lowest BCUT2D eigenvalue weighted by Crippen LogP contribution is -2.24. The van der Waals surface area contributed by atoms with Gasteiger partial charge in [0.2, 0.25) is 0 Å². The Labute approximate surface area is 114 Å². The fourth-order valence-corrected chi connectivity index (χ4v) is 2.09. The van der Waals surface area contributed by atoms with Crippen LogP contribution in [0.5, 0.6) is 0 Å². The third-order valence-corrected chi connectivity index (χ3v) is 3.55. The van der Waals surface area contributed by atoms with E-state index in [1.54, 1.807) is 0 Å². The van der Waals surface area contributed by atoms with Crippen molar-refractivity contribution in [3.8, 4) is 0 Å². The Kier molecular flexibility index (Phi) is 4.84. The molecule has 4 heteroatoms. The predicted molar refractivity (Wildman–Crippen MR) is 75.3 cm³/mol. The number of pyridine rings is 1. The first-order chi connectivity index (χ1) is 8.70. The van der Waals surface area contributed by atoms with Gasteiger partial charge in [0.15, 0.2) is 0 Å². The summed E-state index contributed by atoms with van der Waals surface area (Å²) >= 11 is 5.80. The highest BCUT2D eigenvalue weighted by molar-refractivity contribution is 6.17. The zero-order valence-electron chi connectivity index (χ0n) is 11.2. The number of rotatable bonds is 7. The van der Waals surface area contributed by atoms with Gasteiger partial charge in [0, 0.05) is 32.3 Å². The molecule has 0 aliphatic heterocycles. The van der Waals surface area contributed by atoms with E-state index in [0.29, 0.717) is 5.88 Å². The third-order valence-electron chi connectivity index (χ3n) is 3.24. The zero-order valence-corrected chi connectivity index (χ0v) is 11.9. The highest BCUT2D eigenvalue weighted by Crippen LogP contribution is 2.28. The van der Waals surface area contributed by atoms with Crippen molar-refractivity contribution < 1.29 is 4.74 Å². The maximum absolute atomic E-state index is 5.80. The summed E-state index contributed by atoms with van der Waals surface area (Å²) < 4.78 is 5.64. The molecule has 0 saturated heterocycles. The second kappa shape index (κ2) is 6.39. The van der Waals surface area contributed by atoms with Crippen molar-refractivity contribution in [2.45, 2.75) is 25.6 Å². The average molecular weight is 269 g/mol. The lowest BCUT2D eigenvalue weighted by Gasteiger charge is -2.20. The number of nitrogens with zero attached hydrogens (tertiary/aromatic N) is 2. The normalized spacial score (nSPS) is 14.8. The fraction of sp³-hybridized carbons (Fsp3) is 0.643. The summed E-state index contributed by atoms with van der Waals surface area (Å²) in [5, 5.41) is 0. The van der Waals surface area contributed by atoms with Crippen LogP contribution in [0.25, 0.3) is 0 Å². The summed E-state index contributed by atoms with van der Waals surface area (Å²) in [6, 6.07) is 2.09. The van der Waals surface area contributed by atoms with Crippen LogP contribution in [-0.4, -0.2) is 31.8 Å². The van der Waals surface area contributed by atoms with Gasteiger partial charge in [-0.3, -0.25) is 0 Å². The van der Waals surface area contributed by atoms with Crippen LogP contribution in [0.1, 0.15) is 24.0 Å². The van der Waals surface area contributed by atoms with E-state index in [2.05, 4.69) is 29.9 Å². The Hall–Kier alpha value is -0.800. The van der Waals surface area contributed by atoms with Gasteiger partial charge in [-0.25, -0.2) is 4.98 Å². The van der Waals surface area contributed by atoms with E-state index in [9.17, 15) is 0 Å². The van der Waals surface area contributed by atoms with Crippen LogP contribution in [0, 0.1) is 12.8 Å². The predicted octanol–water partition coefficient (Wildman–Crippen LogP) is 2.99. The molecule has 1 heterocycles. The number of halogens is 1. The number of hydrogen-bond acceptors (Lipinski definition) is 3. The van der Waals surface area contributed by atoms with Crippen LogP contribution < -0.4 is 4.90 Å². The van der Waals surface area contributed by atoms with Crippen molar-refractivity contribution in [3.63, 3.8) is 0 Å². The van der Waals surface area contributed by atoms with E-state index in [-0.39, 0.29) is 0 Å². The topological polar surface area (TPSA) is 25.4 Å². The SMILES string of the molecule is Cc1cc(CCl)cnc1N(C)CCOCC1CC1. The second-order valence-corrected chi connectivity index (χ2v) is 5.32. The first kappa shape index (κ1) is 13.6. The van der Waals surface area contributed by atoms with E-state index in [0.717, 1.165) is 42.6 Å². The summed E-state index contributed by atoms with van der Waals surface area (Å²) in [6.45, 7) is 4.64. The van der Waals surface area contributed by atoms with Gasteiger partial charge in [0.05, 0.1) is 6.61 Å². The van der Waals surface area contributed by atoms with Gasteiger partial charge in [-0.2, -0.15) is 0 Å². The molecule has 3 nitrogen and oxygen atoms in total. The van der Waals surface area contributed by atoms with Crippen LogP contribution in [0.2, 0.25) is 0 Å². The number of alkyl halides is 1. The van der Waals surface area contributed by atoms with Crippen molar-refractivity contribution in [2.24, 2.45) is 5.92 Å². The Morgan fingerprint density at radius 3 is 2.89 bits per heavy atom. The molecule has 0 bridgehead atoms. The molecule has 0 N–H and O–H groups in total. The molecular formula is C14H21ClN2O. The van der Waals surface area contributed by atoms with Crippen LogP contribution in [0.4, 0.5) is 5.82 Å². The standard InChI is InChI=1S/C14H21ClN2O/c1-11-7-13(8-15)9-16-14(11)17(2)5-6-18-10-12-3-4-12/h7,9,12H,3-6,8,10H2,1-2H3. The molecule has 0 aromatic carbocycles. The maximum Gasteiger partial charge on any atom is 0.131 e. The third kappa shape index (κ3) is 3.85. The minimum absolute atomic E-state index is 0.516. The first-order valence-electron chi connectivity index (χ1n) is 6.51. The summed E-state index contributed by atoms with van der Waals surface area (Å²) in [6.07, 6.45) is 4.53. The lowest BCUT2D eigenvalue weighted by atomic mass is 10.2. The summed E-state index contributed by atoms with van der Waals surface area (Å²) in [5.74, 6) is 2.36. The van der Waals surface area contributed by atoms with Crippen LogP contribution in [0.3, 0.4) is 0 Å². The molecule has 0 radical (unpaired) electrons. The zero-order chi connectivity index (χ0) is 13.0. The van der Waals surface area contributed by atoms with E-state index < -0.39 is 0 Å². The van der Waals surface area contributed by atoms with E-state index in [1.807, 2.05) is 6.20 Å². The average Bonchev–Trinajstić information content (AvgIpc) is 3.18. The summed E-state index contributed by atoms with van der Waals surface area (Å²) in [4.78, 5) is 6.60. The Balaban J connectivity index is 1.81. The smallest absolute Gasteiger partial charge is 0.131 e. The monoisotopic (exact) mass is 268 g/mol. The summed E-state index contributed by atoms with van der Waals surface area (Å²) in [5.41, 5.74) is 2.23. The molecule has 0 unspecified atom stereocenters. The lowest BCUT2D eigenvalue weighted by molar-refractivity contribution is 0.131. The molecule has 18 heavy (non-hydrogen) atoms. The number of aromatic nitrogens is 1. The second-order valence-electron chi connectivity index (χ2n) is 5.06. The van der Waals surface area contributed by atoms with Gasteiger partial charge < -0.3 is 9.64 Å². The molecule has 1 saturated carbocycles. The molecular weight excluding hydrogens is 248 g/mol. The highest BCUT2D eigenvalue weighted by Gasteiger charge is 2.21. The van der Waals surface area contributed by atoms with Crippen LogP contribution in [-0.2, 0) is 10.6 Å². The quantitative estimate of drug-likeness (QED) is 0.562. The van der Waals surface area contributed by atoms with E-state index >= 15 is 0 Å². The van der Waals surface area contributed by atoms with E-state index in [1.165, 1.54) is 12.8 Å². The van der Waals surface area contributed by atoms with Crippen molar-refractivity contribution >= 4 is 17.4 Å². The van der Waals surface area contributed by atoms with E-state index in [4.69, 9.17) is 16.3 Å². The molecule has 0 amide bonds. The Morgan fingerprint density at radius 2 is 2.28 bits per heavy atom. The highest BCUT2D eigenvalue weighted by atomic mass is 35.5. The van der Waals surface area contributed by atoms with Gasteiger partial charge in [0.25, 0.3) is 0 Å². The van der Waals surface area contributed by atoms with Crippen molar-refractivity contribution in [1.29, 1.82) is 0 Å². The van der Waals surface area contributed by atoms with Crippen molar-refractivity contribution in [3.05, 3.63) is 23.4 Å². The minimum Gasteiger partial charge on any atom is -0.379 e. The molecule has 1 aromatic heterocycles. The number of hydrogen-bond donors (Lipinski definition) is 0. The van der Waals surface area contributed by atoms with Crippen LogP contribution >= 0.6 is 11.6 Å². The molecule has 100 valence electrons. The maximum atomic E-state index is 5.80. The Morgan fingerprint density at radius 1 is 1.50 bits per heavy atom. The minimum atomic E-state index is 0.516.